The molecule has 3 rings (SSSR count). The van der Waals surface area contributed by atoms with E-state index in [9.17, 15) is 0 Å². The summed E-state index contributed by atoms with van der Waals surface area (Å²) in [6.07, 6.45) is 2.53. The van der Waals surface area contributed by atoms with Gasteiger partial charge in [0.1, 0.15) is 11.9 Å². The third-order valence-corrected chi connectivity index (χ3v) is 4.48. The average molecular weight is 311 g/mol. The largest absolute Gasteiger partial charge is 0.490 e. The zero-order valence-electron chi connectivity index (χ0n) is 13.9. The molecule has 0 amide bonds. The smallest absolute Gasteiger partial charge is 0.119 e. The molecule has 0 aromatic heterocycles. The summed E-state index contributed by atoms with van der Waals surface area (Å²) in [7, 11) is 4.04. The number of anilines is 2. The highest BCUT2D eigenvalue weighted by molar-refractivity contribution is 5.76. The van der Waals surface area contributed by atoms with Gasteiger partial charge in [-0.25, -0.2) is 0 Å². The molecule has 4 nitrogen and oxygen atoms in total. The lowest BCUT2D eigenvalue weighted by atomic mass is 10.0. The maximum atomic E-state index is 6.09. The predicted molar refractivity (Wildman–Crippen MR) is 97.0 cm³/mol. The van der Waals surface area contributed by atoms with Crippen LogP contribution in [-0.4, -0.2) is 38.2 Å². The van der Waals surface area contributed by atoms with Crippen LogP contribution in [0.5, 0.6) is 5.75 Å². The molecule has 2 aromatic carbocycles. The van der Waals surface area contributed by atoms with Crippen LogP contribution in [0.25, 0.3) is 11.1 Å². The quantitative estimate of drug-likeness (QED) is 0.849. The van der Waals surface area contributed by atoms with Crippen LogP contribution in [0.15, 0.2) is 42.5 Å². The number of likely N-dealkylation sites (tertiary alicyclic amines) is 1. The minimum Gasteiger partial charge on any atom is -0.490 e. The summed E-state index contributed by atoms with van der Waals surface area (Å²) in [6, 6.07) is 14.4. The van der Waals surface area contributed by atoms with Crippen LogP contribution >= 0.6 is 0 Å². The molecule has 0 bridgehead atoms. The fraction of sp³-hybridized carbons (Fsp3) is 0.368. The maximum Gasteiger partial charge on any atom is 0.119 e. The number of nitrogens with two attached hydrogens (primary N) is 1. The standard InChI is InChI=1S/C19H25N3O/c1-21-19-8-5-15(13-18(19)20)14-3-6-16(7-4-14)23-17-9-11-22(2)12-10-17/h3-8,13,17,21H,9-12,20H2,1-2H3. The van der Waals surface area contributed by atoms with E-state index in [1.807, 2.05) is 19.2 Å². The molecule has 1 aliphatic rings. The number of rotatable bonds is 4. The molecule has 122 valence electrons. The number of piperidine rings is 1. The monoisotopic (exact) mass is 311 g/mol. The molecule has 0 aliphatic carbocycles. The number of hydrogen-bond acceptors (Lipinski definition) is 4. The van der Waals surface area contributed by atoms with Gasteiger partial charge < -0.3 is 20.7 Å². The van der Waals surface area contributed by atoms with E-state index in [4.69, 9.17) is 10.5 Å². The second-order valence-electron chi connectivity index (χ2n) is 6.20. The van der Waals surface area contributed by atoms with E-state index in [1.54, 1.807) is 0 Å². The third-order valence-electron chi connectivity index (χ3n) is 4.48. The van der Waals surface area contributed by atoms with E-state index in [1.165, 1.54) is 0 Å². The molecule has 4 heteroatoms. The van der Waals surface area contributed by atoms with Crippen molar-refractivity contribution in [2.45, 2.75) is 18.9 Å². The van der Waals surface area contributed by atoms with Gasteiger partial charge in [0.2, 0.25) is 0 Å². The Kier molecular flexibility index (Phi) is 4.72. The number of hydrogen-bond donors (Lipinski definition) is 2. The molecule has 2 aromatic rings. The van der Waals surface area contributed by atoms with Crippen molar-refractivity contribution >= 4 is 11.4 Å². The van der Waals surface area contributed by atoms with Gasteiger partial charge in [0, 0.05) is 20.1 Å². The highest BCUT2D eigenvalue weighted by Gasteiger charge is 2.17. The SMILES string of the molecule is CNc1ccc(-c2ccc(OC3CCN(C)CC3)cc2)cc1N. The van der Waals surface area contributed by atoms with Crippen molar-refractivity contribution in [3.63, 3.8) is 0 Å². The van der Waals surface area contributed by atoms with E-state index in [0.29, 0.717) is 6.10 Å². The van der Waals surface area contributed by atoms with Gasteiger partial charge >= 0.3 is 0 Å². The van der Waals surface area contributed by atoms with E-state index in [-0.39, 0.29) is 0 Å². The molecule has 1 fully saturated rings. The van der Waals surface area contributed by atoms with Crippen molar-refractivity contribution in [1.82, 2.24) is 4.90 Å². The van der Waals surface area contributed by atoms with E-state index < -0.39 is 0 Å². The molecular weight excluding hydrogens is 286 g/mol. The van der Waals surface area contributed by atoms with Crippen LogP contribution in [0.1, 0.15) is 12.8 Å². The number of benzene rings is 2. The van der Waals surface area contributed by atoms with Gasteiger partial charge in [-0.3, -0.25) is 0 Å². The van der Waals surface area contributed by atoms with Crippen molar-refractivity contribution in [2.75, 3.05) is 38.2 Å². The first-order chi connectivity index (χ1) is 11.2. The minimum atomic E-state index is 0.336. The highest BCUT2D eigenvalue weighted by Crippen LogP contribution is 2.28. The van der Waals surface area contributed by atoms with Crippen LogP contribution in [0.4, 0.5) is 11.4 Å². The fourth-order valence-electron chi connectivity index (χ4n) is 2.99. The zero-order valence-corrected chi connectivity index (χ0v) is 13.9. The Labute approximate surface area is 138 Å². The molecule has 1 saturated heterocycles. The summed E-state index contributed by atoms with van der Waals surface area (Å²) in [5.74, 6) is 0.947. The van der Waals surface area contributed by atoms with Crippen molar-refractivity contribution in [2.24, 2.45) is 0 Å². The second kappa shape index (κ2) is 6.92. The molecule has 0 atom stereocenters. The maximum absolute atomic E-state index is 6.09. The Bertz CT molecular complexity index is 646. The van der Waals surface area contributed by atoms with Crippen LogP contribution in [0.3, 0.4) is 0 Å². The van der Waals surface area contributed by atoms with E-state index in [0.717, 1.165) is 54.2 Å². The molecule has 0 unspecified atom stereocenters. The minimum absolute atomic E-state index is 0.336. The van der Waals surface area contributed by atoms with Gasteiger partial charge in [-0.15, -0.1) is 0 Å². The lowest BCUT2D eigenvalue weighted by molar-refractivity contribution is 0.114. The summed E-state index contributed by atoms with van der Waals surface area (Å²) < 4.78 is 6.09. The number of nitrogens with one attached hydrogen (secondary N) is 1. The molecule has 0 spiro atoms. The lowest BCUT2D eigenvalue weighted by Crippen LogP contribution is -2.35. The number of nitrogen functional groups attached to an aromatic ring is 1. The summed E-state index contributed by atoms with van der Waals surface area (Å²) in [4.78, 5) is 2.35. The van der Waals surface area contributed by atoms with Gasteiger partial charge in [-0.05, 0) is 55.3 Å². The Morgan fingerprint density at radius 3 is 2.30 bits per heavy atom. The molecule has 23 heavy (non-hydrogen) atoms. The Hall–Kier alpha value is -2.20. The van der Waals surface area contributed by atoms with E-state index >= 15 is 0 Å². The first kappa shape index (κ1) is 15.7. The zero-order chi connectivity index (χ0) is 16.2. The molecule has 0 radical (unpaired) electrons. The fourth-order valence-corrected chi connectivity index (χ4v) is 2.99. The van der Waals surface area contributed by atoms with Gasteiger partial charge in [0.05, 0.1) is 11.4 Å². The normalized spacial score (nSPS) is 16.3. The molecule has 3 N–H and O–H groups in total. The first-order valence-electron chi connectivity index (χ1n) is 8.18. The first-order valence-corrected chi connectivity index (χ1v) is 8.18. The Morgan fingerprint density at radius 2 is 1.70 bits per heavy atom. The summed E-state index contributed by atoms with van der Waals surface area (Å²) in [5.41, 5.74) is 10.0. The van der Waals surface area contributed by atoms with Gasteiger partial charge in [-0.1, -0.05) is 18.2 Å². The van der Waals surface area contributed by atoms with Crippen molar-refractivity contribution in [3.8, 4) is 16.9 Å². The molecule has 1 aliphatic heterocycles. The topological polar surface area (TPSA) is 50.5 Å². The van der Waals surface area contributed by atoms with Gasteiger partial charge in [0.25, 0.3) is 0 Å². The Morgan fingerprint density at radius 1 is 1.04 bits per heavy atom. The number of ether oxygens (including phenoxy) is 1. The predicted octanol–water partition coefficient (Wildman–Crippen LogP) is 3.45. The van der Waals surface area contributed by atoms with Crippen LogP contribution < -0.4 is 15.8 Å². The highest BCUT2D eigenvalue weighted by atomic mass is 16.5. The molecule has 0 saturated carbocycles. The van der Waals surface area contributed by atoms with Gasteiger partial charge in [0.15, 0.2) is 0 Å². The second-order valence-corrected chi connectivity index (χ2v) is 6.20. The Balaban J connectivity index is 1.68. The summed E-state index contributed by atoms with van der Waals surface area (Å²) in [6.45, 7) is 2.22. The van der Waals surface area contributed by atoms with E-state index in [2.05, 4.69) is 47.6 Å². The third kappa shape index (κ3) is 3.77. The summed E-state index contributed by atoms with van der Waals surface area (Å²) >= 11 is 0. The van der Waals surface area contributed by atoms with Crippen LogP contribution in [-0.2, 0) is 0 Å². The van der Waals surface area contributed by atoms with Crippen LogP contribution in [0.2, 0.25) is 0 Å². The summed E-state index contributed by atoms with van der Waals surface area (Å²) in [5, 5.41) is 3.08. The van der Waals surface area contributed by atoms with Crippen molar-refractivity contribution in [1.29, 1.82) is 0 Å². The van der Waals surface area contributed by atoms with Crippen LogP contribution in [0, 0.1) is 0 Å². The lowest BCUT2D eigenvalue weighted by Gasteiger charge is -2.29. The molecular formula is C19H25N3O. The molecule has 1 heterocycles. The van der Waals surface area contributed by atoms with Gasteiger partial charge in [-0.2, -0.15) is 0 Å². The van der Waals surface area contributed by atoms with Crippen molar-refractivity contribution in [3.05, 3.63) is 42.5 Å². The number of nitrogens with zero attached hydrogens (tertiary/aromatic N) is 1. The van der Waals surface area contributed by atoms with Crippen molar-refractivity contribution < 1.29 is 4.74 Å². The average Bonchev–Trinajstić information content (AvgIpc) is 2.57.